The molecule has 102 valence electrons. The second-order valence-electron chi connectivity index (χ2n) is 4.27. The Balaban J connectivity index is 2.05. The van der Waals surface area contributed by atoms with Gasteiger partial charge in [-0.3, -0.25) is 4.79 Å². The summed E-state index contributed by atoms with van der Waals surface area (Å²) in [6.45, 7) is 1.99. The predicted molar refractivity (Wildman–Crippen MR) is 79.4 cm³/mol. The molecule has 1 amide bonds. The van der Waals surface area contributed by atoms with E-state index in [0.29, 0.717) is 5.02 Å². The first-order chi connectivity index (χ1) is 9.56. The number of hydrogen-bond acceptors (Lipinski definition) is 3. The molecule has 0 bridgehead atoms. The van der Waals surface area contributed by atoms with Crippen molar-refractivity contribution in [2.24, 2.45) is 5.10 Å². The molecule has 0 spiro atoms. The van der Waals surface area contributed by atoms with Crippen molar-refractivity contribution in [3.63, 3.8) is 0 Å². The lowest BCUT2D eigenvalue weighted by molar-refractivity contribution is 0.0952. The highest BCUT2D eigenvalue weighted by molar-refractivity contribution is 6.31. The summed E-state index contributed by atoms with van der Waals surface area (Å²) in [6.07, 6.45) is 1.53. The van der Waals surface area contributed by atoms with Crippen LogP contribution in [0.4, 0.5) is 0 Å². The minimum absolute atomic E-state index is 0.0820. The van der Waals surface area contributed by atoms with Crippen molar-refractivity contribution in [1.29, 1.82) is 0 Å². The first-order valence-corrected chi connectivity index (χ1v) is 6.32. The summed E-state index contributed by atoms with van der Waals surface area (Å²) in [5, 5.41) is 13.8. The van der Waals surface area contributed by atoms with Gasteiger partial charge in [-0.2, -0.15) is 5.10 Å². The number of benzene rings is 2. The van der Waals surface area contributed by atoms with Gasteiger partial charge in [0.1, 0.15) is 5.75 Å². The Morgan fingerprint density at radius 1 is 1.25 bits per heavy atom. The van der Waals surface area contributed by atoms with E-state index in [1.807, 2.05) is 31.2 Å². The van der Waals surface area contributed by atoms with Gasteiger partial charge in [0.05, 0.1) is 11.8 Å². The molecule has 0 fully saturated rings. The van der Waals surface area contributed by atoms with Gasteiger partial charge in [0.15, 0.2) is 0 Å². The molecule has 0 aliphatic rings. The zero-order chi connectivity index (χ0) is 14.5. The summed E-state index contributed by atoms with van der Waals surface area (Å²) in [5.74, 6) is -0.661. The molecular weight excluding hydrogens is 276 g/mol. The Morgan fingerprint density at radius 2 is 1.95 bits per heavy atom. The van der Waals surface area contributed by atoms with Crippen LogP contribution in [-0.4, -0.2) is 17.2 Å². The van der Waals surface area contributed by atoms with Crippen LogP contribution in [0.3, 0.4) is 0 Å². The zero-order valence-electron chi connectivity index (χ0n) is 10.8. The molecule has 0 unspecified atom stereocenters. The van der Waals surface area contributed by atoms with Crippen LogP contribution in [0.15, 0.2) is 47.6 Å². The smallest absolute Gasteiger partial charge is 0.275 e. The minimum atomic E-state index is -0.520. The fourth-order valence-corrected chi connectivity index (χ4v) is 1.74. The number of carbonyl (C=O) groups is 1. The summed E-state index contributed by atoms with van der Waals surface area (Å²) >= 11 is 5.78. The summed E-state index contributed by atoms with van der Waals surface area (Å²) in [4.78, 5) is 11.8. The van der Waals surface area contributed by atoms with Crippen LogP contribution in [0, 0.1) is 6.92 Å². The van der Waals surface area contributed by atoms with E-state index in [0.717, 1.165) is 11.1 Å². The fraction of sp³-hybridized carbons (Fsp3) is 0.0667. The summed E-state index contributed by atoms with van der Waals surface area (Å²) in [6, 6.07) is 11.9. The van der Waals surface area contributed by atoms with Gasteiger partial charge in [-0.15, -0.1) is 0 Å². The molecule has 2 aromatic carbocycles. The third-order valence-electron chi connectivity index (χ3n) is 2.66. The third kappa shape index (κ3) is 3.59. The normalized spacial score (nSPS) is 10.7. The average Bonchev–Trinajstić information content (AvgIpc) is 2.43. The largest absolute Gasteiger partial charge is 0.507 e. The lowest BCUT2D eigenvalue weighted by Crippen LogP contribution is -2.17. The van der Waals surface area contributed by atoms with Crippen LogP contribution in [0.5, 0.6) is 5.75 Å². The number of nitrogens with one attached hydrogen (secondary N) is 1. The van der Waals surface area contributed by atoms with E-state index >= 15 is 0 Å². The molecule has 0 aliphatic heterocycles. The average molecular weight is 289 g/mol. The monoisotopic (exact) mass is 288 g/mol. The first kappa shape index (κ1) is 14.1. The van der Waals surface area contributed by atoms with Crippen molar-refractivity contribution in [3.8, 4) is 5.75 Å². The van der Waals surface area contributed by atoms with Gasteiger partial charge in [-0.25, -0.2) is 5.43 Å². The number of phenols is 1. The Hall–Kier alpha value is -2.33. The van der Waals surface area contributed by atoms with Crippen molar-refractivity contribution in [2.75, 3.05) is 0 Å². The number of aryl methyl sites for hydroxylation is 1. The Bertz CT molecular complexity index is 651. The highest BCUT2D eigenvalue weighted by Crippen LogP contribution is 2.21. The number of hydrogen-bond donors (Lipinski definition) is 2. The van der Waals surface area contributed by atoms with Gasteiger partial charge in [-0.05, 0) is 30.7 Å². The number of nitrogens with zero attached hydrogens (tertiary/aromatic N) is 1. The van der Waals surface area contributed by atoms with Gasteiger partial charge in [-0.1, -0.05) is 41.4 Å². The van der Waals surface area contributed by atoms with Crippen molar-refractivity contribution in [2.45, 2.75) is 6.92 Å². The van der Waals surface area contributed by atoms with E-state index in [-0.39, 0.29) is 11.3 Å². The number of halogens is 1. The van der Waals surface area contributed by atoms with E-state index in [1.54, 1.807) is 0 Å². The molecule has 4 nitrogen and oxygen atoms in total. The Labute approximate surface area is 121 Å². The second-order valence-corrected chi connectivity index (χ2v) is 4.71. The maximum absolute atomic E-state index is 11.8. The molecular formula is C15H13ClN2O2. The van der Waals surface area contributed by atoms with Crippen LogP contribution in [0.2, 0.25) is 5.02 Å². The SMILES string of the molecule is Cc1ccc(/C=N/NC(=O)c2cc(Cl)ccc2O)cc1. The van der Waals surface area contributed by atoms with Crippen molar-refractivity contribution < 1.29 is 9.90 Å². The Morgan fingerprint density at radius 3 is 2.65 bits per heavy atom. The van der Waals surface area contributed by atoms with Gasteiger partial charge in [0.2, 0.25) is 0 Å². The zero-order valence-corrected chi connectivity index (χ0v) is 11.6. The highest BCUT2D eigenvalue weighted by atomic mass is 35.5. The number of amides is 1. The molecule has 0 aliphatic carbocycles. The van der Waals surface area contributed by atoms with Crippen LogP contribution >= 0.6 is 11.6 Å². The van der Waals surface area contributed by atoms with Crippen LogP contribution in [0.1, 0.15) is 21.5 Å². The number of rotatable bonds is 3. The molecule has 0 saturated heterocycles. The third-order valence-corrected chi connectivity index (χ3v) is 2.90. The predicted octanol–water partition coefficient (Wildman–Crippen LogP) is 3.12. The molecule has 0 aromatic heterocycles. The molecule has 2 rings (SSSR count). The fourth-order valence-electron chi connectivity index (χ4n) is 1.57. The molecule has 2 N–H and O–H groups in total. The van der Waals surface area contributed by atoms with Crippen molar-refractivity contribution in [1.82, 2.24) is 5.43 Å². The highest BCUT2D eigenvalue weighted by Gasteiger charge is 2.10. The van der Waals surface area contributed by atoms with E-state index in [9.17, 15) is 9.90 Å². The number of carbonyl (C=O) groups excluding carboxylic acids is 1. The molecule has 20 heavy (non-hydrogen) atoms. The van der Waals surface area contributed by atoms with Gasteiger partial charge >= 0.3 is 0 Å². The molecule has 0 atom stereocenters. The van der Waals surface area contributed by atoms with E-state index < -0.39 is 5.91 Å². The molecule has 5 heteroatoms. The Kier molecular flexibility index (Phi) is 4.38. The first-order valence-electron chi connectivity index (χ1n) is 5.95. The van der Waals surface area contributed by atoms with Crippen LogP contribution in [0.25, 0.3) is 0 Å². The maximum Gasteiger partial charge on any atom is 0.275 e. The quantitative estimate of drug-likeness (QED) is 0.673. The summed E-state index contributed by atoms with van der Waals surface area (Å²) < 4.78 is 0. The number of phenolic OH excluding ortho intramolecular Hbond substituents is 1. The molecule has 0 radical (unpaired) electrons. The summed E-state index contributed by atoms with van der Waals surface area (Å²) in [7, 11) is 0. The van der Waals surface area contributed by atoms with Gasteiger partial charge in [0, 0.05) is 5.02 Å². The minimum Gasteiger partial charge on any atom is -0.507 e. The maximum atomic E-state index is 11.8. The van der Waals surface area contributed by atoms with E-state index in [4.69, 9.17) is 11.6 Å². The van der Waals surface area contributed by atoms with E-state index in [1.165, 1.54) is 24.4 Å². The second kappa shape index (κ2) is 6.21. The van der Waals surface area contributed by atoms with Crippen LogP contribution in [-0.2, 0) is 0 Å². The summed E-state index contributed by atoms with van der Waals surface area (Å²) in [5.41, 5.74) is 4.44. The lowest BCUT2D eigenvalue weighted by atomic mass is 10.2. The number of hydrazone groups is 1. The molecule has 0 heterocycles. The standard InChI is InChI=1S/C15H13ClN2O2/c1-10-2-4-11(5-3-10)9-17-18-15(20)13-8-12(16)6-7-14(13)19/h2-9,19H,1H3,(H,18,20)/b17-9+. The van der Waals surface area contributed by atoms with Crippen molar-refractivity contribution >= 4 is 23.7 Å². The number of aromatic hydroxyl groups is 1. The van der Waals surface area contributed by atoms with Gasteiger partial charge in [0.25, 0.3) is 5.91 Å². The van der Waals surface area contributed by atoms with Crippen molar-refractivity contribution in [3.05, 3.63) is 64.2 Å². The van der Waals surface area contributed by atoms with E-state index in [2.05, 4.69) is 10.5 Å². The topological polar surface area (TPSA) is 61.7 Å². The lowest BCUT2D eigenvalue weighted by Gasteiger charge is -2.03. The van der Waals surface area contributed by atoms with Crippen LogP contribution < -0.4 is 5.43 Å². The molecule has 0 saturated carbocycles. The molecule has 2 aromatic rings. The van der Waals surface area contributed by atoms with Gasteiger partial charge < -0.3 is 5.11 Å².